The van der Waals surface area contributed by atoms with Crippen molar-refractivity contribution in [1.82, 2.24) is 15.5 Å². The first-order valence-electron chi connectivity index (χ1n) is 13.8. The molecule has 1 fully saturated rings. The minimum Gasteiger partial charge on any atom is -0.494 e. The van der Waals surface area contributed by atoms with Gasteiger partial charge in [-0.3, -0.25) is 0 Å². The van der Waals surface area contributed by atoms with E-state index >= 15 is 0 Å². The molecule has 3 rings (SSSR count). The maximum atomic E-state index is 12.4. The van der Waals surface area contributed by atoms with E-state index in [0.29, 0.717) is 30.0 Å². The maximum absolute atomic E-state index is 12.4. The lowest BCUT2D eigenvalue weighted by atomic mass is 9.84. The van der Waals surface area contributed by atoms with Gasteiger partial charge in [-0.05, 0) is 82.1 Å². The number of carbonyl (C=O) groups is 2. The number of rotatable bonds is 10. The topological polar surface area (TPSA) is 116 Å². The van der Waals surface area contributed by atoms with E-state index in [1.165, 1.54) is 7.11 Å². The summed E-state index contributed by atoms with van der Waals surface area (Å²) in [6.07, 6.45) is 2.41. The fraction of sp³-hybridized carbons (Fsp3) is 0.655. The third-order valence-corrected chi connectivity index (χ3v) is 7.05. The molecule has 10 heteroatoms. The first kappa shape index (κ1) is 30.2. The van der Waals surface area contributed by atoms with Crippen LogP contribution in [-0.4, -0.2) is 54.6 Å². The summed E-state index contributed by atoms with van der Waals surface area (Å²) in [5.74, 6) is 2.28. The number of hydrogen-bond acceptors (Lipinski definition) is 9. The molecule has 0 spiro atoms. The zero-order valence-electron chi connectivity index (χ0n) is 24.6. The molecule has 1 amide bonds. The lowest BCUT2D eigenvalue weighted by Crippen LogP contribution is -2.38. The Hall–Kier alpha value is -3.30. The van der Waals surface area contributed by atoms with Crippen LogP contribution in [0.25, 0.3) is 0 Å². The van der Waals surface area contributed by atoms with Crippen molar-refractivity contribution in [3.8, 4) is 5.75 Å². The minimum atomic E-state index is -0.978. The number of benzene rings is 1. The normalized spacial score (nSPS) is 16.1. The summed E-state index contributed by atoms with van der Waals surface area (Å²) in [5.41, 5.74) is 0.750. The molecule has 216 valence electrons. The van der Waals surface area contributed by atoms with Gasteiger partial charge in [0, 0.05) is 19.0 Å². The molecule has 0 bridgehead atoms. The lowest BCUT2D eigenvalue weighted by molar-refractivity contribution is -0.143. The molecule has 1 aromatic carbocycles. The van der Waals surface area contributed by atoms with Gasteiger partial charge in [-0.25, -0.2) is 9.59 Å². The van der Waals surface area contributed by atoms with E-state index in [2.05, 4.69) is 41.1 Å². The highest BCUT2D eigenvalue weighted by molar-refractivity contribution is 5.83. The van der Waals surface area contributed by atoms with Gasteiger partial charge in [0.25, 0.3) is 0 Å². The first-order valence-corrected chi connectivity index (χ1v) is 13.8. The van der Waals surface area contributed by atoms with E-state index in [0.717, 1.165) is 49.5 Å². The summed E-state index contributed by atoms with van der Waals surface area (Å²) < 4.78 is 21.8. The molecule has 0 aliphatic carbocycles. The fourth-order valence-electron chi connectivity index (χ4n) is 4.72. The molecule has 2 atom stereocenters. The standard InChI is InChI=1S/C29H44N4O6/c1-18(2)25-31-27(39-32-25)33-14-11-21(12-15-33)19(3)13-16-37-22-9-10-23(20(4)17-22)24(26(34)36-8)30-28(35)38-29(5,6)7/h9-10,17-19,21,24H,11-16H2,1-8H3,(H,30,35)/t19-,24?/m1/s1. The maximum Gasteiger partial charge on any atom is 0.408 e. The second-order valence-corrected chi connectivity index (χ2v) is 11.6. The number of esters is 1. The van der Waals surface area contributed by atoms with Crippen molar-refractivity contribution in [3.05, 3.63) is 35.2 Å². The van der Waals surface area contributed by atoms with Gasteiger partial charge in [0.1, 0.15) is 11.4 Å². The summed E-state index contributed by atoms with van der Waals surface area (Å²) in [7, 11) is 1.29. The molecule has 1 saturated heterocycles. The summed E-state index contributed by atoms with van der Waals surface area (Å²) >= 11 is 0. The zero-order chi connectivity index (χ0) is 28.7. The summed E-state index contributed by atoms with van der Waals surface area (Å²) in [6, 6.07) is 5.12. The number of amides is 1. The lowest BCUT2D eigenvalue weighted by Gasteiger charge is -2.33. The molecule has 1 aliphatic rings. The molecule has 2 heterocycles. The van der Waals surface area contributed by atoms with Crippen molar-refractivity contribution in [3.63, 3.8) is 0 Å². The van der Waals surface area contributed by atoms with Crippen LogP contribution in [0.2, 0.25) is 0 Å². The molecule has 0 saturated carbocycles. The second kappa shape index (κ2) is 13.2. The molecular weight excluding hydrogens is 500 g/mol. The summed E-state index contributed by atoms with van der Waals surface area (Å²) in [4.78, 5) is 31.5. The highest BCUT2D eigenvalue weighted by atomic mass is 16.6. The number of aromatic nitrogens is 2. The molecule has 39 heavy (non-hydrogen) atoms. The van der Waals surface area contributed by atoms with Crippen LogP contribution in [0, 0.1) is 18.8 Å². The van der Waals surface area contributed by atoms with Crippen molar-refractivity contribution in [1.29, 1.82) is 0 Å². The van der Waals surface area contributed by atoms with Crippen molar-refractivity contribution in [2.24, 2.45) is 11.8 Å². The van der Waals surface area contributed by atoms with Gasteiger partial charge in [-0.15, -0.1) is 0 Å². The van der Waals surface area contributed by atoms with E-state index in [1.807, 2.05) is 19.1 Å². The van der Waals surface area contributed by atoms with Crippen LogP contribution >= 0.6 is 0 Å². The van der Waals surface area contributed by atoms with Gasteiger partial charge in [0.15, 0.2) is 11.9 Å². The number of ether oxygens (including phenoxy) is 3. The number of nitrogens with one attached hydrogen (secondary N) is 1. The van der Waals surface area contributed by atoms with Crippen LogP contribution in [0.3, 0.4) is 0 Å². The number of piperidine rings is 1. The van der Waals surface area contributed by atoms with E-state index in [9.17, 15) is 9.59 Å². The van der Waals surface area contributed by atoms with Gasteiger partial charge >= 0.3 is 18.1 Å². The molecule has 10 nitrogen and oxygen atoms in total. The number of carbonyl (C=O) groups excluding carboxylic acids is 2. The van der Waals surface area contributed by atoms with Gasteiger partial charge in [-0.1, -0.05) is 32.0 Å². The molecule has 2 aromatic rings. The molecule has 0 radical (unpaired) electrons. The molecular formula is C29H44N4O6. The van der Waals surface area contributed by atoms with Crippen molar-refractivity contribution in [2.45, 2.75) is 85.3 Å². The zero-order valence-corrected chi connectivity index (χ0v) is 24.6. The SMILES string of the molecule is COC(=O)C(NC(=O)OC(C)(C)C)c1ccc(OCC[C@@H](C)C2CCN(c3nc(C(C)C)no3)CC2)cc1C. The molecule has 1 unspecified atom stereocenters. The first-order chi connectivity index (χ1) is 18.4. The van der Waals surface area contributed by atoms with Crippen molar-refractivity contribution >= 4 is 18.1 Å². The highest BCUT2D eigenvalue weighted by Crippen LogP contribution is 2.30. The van der Waals surface area contributed by atoms with E-state index in [1.54, 1.807) is 26.8 Å². The van der Waals surface area contributed by atoms with Crippen LogP contribution in [-0.2, 0) is 14.3 Å². The molecule has 1 aromatic heterocycles. The number of anilines is 1. The number of hydrogen-bond donors (Lipinski definition) is 1. The Morgan fingerprint density at radius 2 is 1.87 bits per heavy atom. The average molecular weight is 545 g/mol. The minimum absolute atomic E-state index is 0.253. The van der Waals surface area contributed by atoms with E-state index in [4.69, 9.17) is 18.7 Å². The Morgan fingerprint density at radius 3 is 2.44 bits per heavy atom. The molecule has 1 aliphatic heterocycles. The van der Waals surface area contributed by atoms with Crippen LogP contribution in [0.15, 0.2) is 22.7 Å². The van der Waals surface area contributed by atoms with Crippen LogP contribution < -0.4 is 15.0 Å². The van der Waals surface area contributed by atoms with Crippen LogP contribution in [0.4, 0.5) is 10.8 Å². The Balaban J connectivity index is 1.50. The number of nitrogens with zero attached hydrogens (tertiary/aromatic N) is 3. The third kappa shape index (κ3) is 8.60. The second-order valence-electron chi connectivity index (χ2n) is 11.6. The average Bonchev–Trinajstić information content (AvgIpc) is 3.37. The Bertz CT molecular complexity index is 1100. The number of methoxy groups -OCH3 is 1. The van der Waals surface area contributed by atoms with Crippen LogP contribution in [0.5, 0.6) is 5.75 Å². The Morgan fingerprint density at radius 1 is 1.18 bits per heavy atom. The fourth-order valence-corrected chi connectivity index (χ4v) is 4.72. The van der Waals surface area contributed by atoms with E-state index in [-0.39, 0.29) is 5.92 Å². The predicted molar refractivity (Wildman–Crippen MR) is 148 cm³/mol. The summed E-state index contributed by atoms with van der Waals surface area (Å²) in [5, 5.41) is 6.70. The van der Waals surface area contributed by atoms with Gasteiger partial charge < -0.3 is 29.0 Å². The summed E-state index contributed by atoms with van der Waals surface area (Å²) in [6.45, 7) is 16.0. The van der Waals surface area contributed by atoms with Gasteiger partial charge in [-0.2, -0.15) is 4.98 Å². The Labute approximate surface area is 231 Å². The highest BCUT2D eigenvalue weighted by Gasteiger charge is 2.29. The van der Waals surface area contributed by atoms with Crippen LogP contribution in [0.1, 0.15) is 89.7 Å². The predicted octanol–water partition coefficient (Wildman–Crippen LogP) is 5.56. The Kier molecular flexibility index (Phi) is 10.2. The quantitative estimate of drug-likeness (QED) is 0.384. The number of aryl methyl sites for hydroxylation is 1. The van der Waals surface area contributed by atoms with Crippen molar-refractivity contribution < 1.29 is 28.3 Å². The van der Waals surface area contributed by atoms with Gasteiger partial charge in [0.2, 0.25) is 0 Å². The van der Waals surface area contributed by atoms with Gasteiger partial charge in [0.05, 0.1) is 13.7 Å². The largest absolute Gasteiger partial charge is 0.494 e. The third-order valence-electron chi connectivity index (χ3n) is 7.05. The van der Waals surface area contributed by atoms with E-state index < -0.39 is 23.7 Å². The number of alkyl carbamates (subject to hydrolysis) is 1. The van der Waals surface area contributed by atoms with Crippen molar-refractivity contribution in [2.75, 3.05) is 31.7 Å². The molecule has 1 N–H and O–H groups in total. The monoisotopic (exact) mass is 544 g/mol. The smallest absolute Gasteiger partial charge is 0.408 e.